The van der Waals surface area contributed by atoms with E-state index in [1.807, 2.05) is 60.7 Å². The van der Waals surface area contributed by atoms with Crippen LogP contribution in [0.15, 0.2) is 84.1 Å². The minimum absolute atomic E-state index is 0.179. The fraction of sp³-hybridized carbons (Fsp3) is 0.333. The summed E-state index contributed by atoms with van der Waals surface area (Å²) < 4.78 is 10.9. The van der Waals surface area contributed by atoms with Gasteiger partial charge in [0.05, 0.1) is 20.8 Å². The van der Waals surface area contributed by atoms with E-state index < -0.39 is 12.2 Å². The predicted molar refractivity (Wildman–Crippen MR) is 161 cm³/mol. The summed E-state index contributed by atoms with van der Waals surface area (Å²) in [6, 6.07) is 19.7. The van der Waals surface area contributed by atoms with Crippen LogP contribution in [0.4, 0.5) is 9.59 Å². The summed E-state index contributed by atoms with van der Waals surface area (Å²) in [4.78, 5) is 37.5. The number of nitrogens with zero attached hydrogens (tertiary/aromatic N) is 3. The quantitative estimate of drug-likeness (QED) is 0.193. The molecule has 0 unspecified atom stereocenters. The summed E-state index contributed by atoms with van der Waals surface area (Å²) in [6.45, 7) is 4.31. The maximum atomic E-state index is 12.7. The number of nitrogens with one attached hydrogen (secondary N) is 2. The van der Waals surface area contributed by atoms with Crippen LogP contribution in [0, 0.1) is 0 Å². The molecule has 216 valence electrons. The Balaban J connectivity index is 1.41. The zero-order valence-corrected chi connectivity index (χ0v) is 24.6. The molecule has 2 aromatic heterocycles. The van der Waals surface area contributed by atoms with Crippen molar-refractivity contribution in [3.8, 4) is 0 Å². The Morgan fingerprint density at radius 1 is 0.756 bits per heavy atom. The fourth-order valence-electron chi connectivity index (χ4n) is 4.39. The van der Waals surface area contributed by atoms with E-state index in [2.05, 4.69) is 32.4 Å². The molecule has 0 radical (unpaired) electrons. The SMILES string of the molecule is CCN(C[C@@H](Cc1ccccc1)NC(=O)OCc1cncs1)C[C@@H](Cc1ccccc1)NC(=O)OCc1cncs1. The number of hydrogen-bond acceptors (Lipinski definition) is 9. The van der Waals surface area contributed by atoms with Crippen LogP contribution in [-0.2, 0) is 35.5 Å². The number of hydrogen-bond donors (Lipinski definition) is 2. The molecule has 2 atom stereocenters. The van der Waals surface area contributed by atoms with Crippen molar-refractivity contribution in [2.75, 3.05) is 19.6 Å². The van der Waals surface area contributed by atoms with Crippen molar-refractivity contribution in [1.82, 2.24) is 25.5 Å². The standard InChI is InChI=1S/C30H35N5O4S2/c1-2-35(17-25(13-23-9-5-3-6-10-23)33-29(36)38-19-27-15-31-21-40-27)18-26(14-24-11-7-4-8-12-24)34-30(37)39-20-28-16-32-22-41-28/h3-12,15-16,21-22,25-26H,2,13-14,17-20H2,1H3,(H,33,36)(H,34,37)/t25-,26-/m1/s1. The number of alkyl carbamates (subject to hydrolysis) is 2. The first-order valence-electron chi connectivity index (χ1n) is 13.5. The molecule has 0 aliphatic heterocycles. The van der Waals surface area contributed by atoms with E-state index in [0.717, 1.165) is 27.4 Å². The third-order valence-electron chi connectivity index (χ3n) is 6.36. The van der Waals surface area contributed by atoms with E-state index in [1.165, 1.54) is 22.7 Å². The summed E-state index contributed by atoms with van der Waals surface area (Å²) in [5.41, 5.74) is 5.65. The van der Waals surface area contributed by atoms with Crippen molar-refractivity contribution in [2.24, 2.45) is 0 Å². The molecule has 0 bridgehead atoms. The molecule has 0 saturated heterocycles. The Morgan fingerprint density at radius 2 is 1.20 bits per heavy atom. The average molecular weight is 594 g/mol. The molecule has 41 heavy (non-hydrogen) atoms. The van der Waals surface area contributed by atoms with Crippen LogP contribution in [0.2, 0.25) is 0 Å². The molecule has 0 aliphatic carbocycles. The summed E-state index contributed by atoms with van der Waals surface area (Å²) in [5, 5.41) is 6.11. The van der Waals surface area contributed by atoms with Crippen LogP contribution in [-0.4, -0.2) is 58.8 Å². The molecule has 11 heteroatoms. The van der Waals surface area contributed by atoms with Gasteiger partial charge in [0, 0.05) is 37.6 Å². The lowest BCUT2D eigenvalue weighted by Crippen LogP contribution is -2.50. The maximum absolute atomic E-state index is 12.7. The summed E-state index contributed by atoms with van der Waals surface area (Å²) >= 11 is 2.89. The van der Waals surface area contributed by atoms with E-state index in [9.17, 15) is 9.59 Å². The van der Waals surface area contributed by atoms with Gasteiger partial charge >= 0.3 is 12.2 Å². The Bertz CT molecular complexity index is 1190. The van der Waals surface area contributed by atoms with Gasteiger partial charge in [-0.25, -0.2) is 9.59 Å². The lowest BCUT2D eigenvalue weighted by atomic mass is 10.0. The normalized spacial score (nSPS) is 12.4. The monoisotopic (exact) mass is 593 g/mol. The van der Waals surface area contributed by atoms with Crippen molar-refractivity contribution >= 4 is 34.9 Å². The first-order chi connectivity index (χ1) is 20.1. The number of rotatable bonds is 15. The zero-order chi connectivity index (χ0) is 28.7. The van der Waals surface area contributed by atoms with Crippen LogP contribution in [0.3, 0.4) is 0 Å². The van der Waals surface area contributed by atoms with E-state index in [4.69, 9.17) is 9.47 Å². The smallest absolute Gasteiger partial charge is 0.407 e. The Kier molecular flexibility index (Phi) is 12.1. The zero-order valence-electron chi connectivity index (χ0n) is 23.0. The van der Waals surface area contributed by atoms with Gasteiger partial charge in [-0.05, 0) is 30.5 Å². The van der Waals surface area contributed by atoms with E-state index >= 15 is 0 Å². The highest BCUT2D eigenvalue weighted by Gasteiger charge is 2.22. The summed E-state index contributed by atoms with van der Waals surface area (Å²) in [6.07, 6.45) is 3.73. The van der Waals surface area contributed by atoms with Gasteiger partial charge in [-0.2, -0.15) is 0 Å². The third kappa shape index (κ3) is 10.9. The fourth-order valence-corrected chi connectivity index (χ4v) is 5.40. The number of aromatic nitrogens is 2. The van der Waals surface area contributed by atoms with Gasteiger partial charge in [0.15, 0.2) is 0 Å². The summed E-state index contributed by atoms with van der Waals surface area (Å²) in [7, 11) is 0. The molecule has 4 rings (SSSR count). The minimum Gasteiger partial charge on any atom is -0.444 e. The lowest BCUT2D eigenvalue weighted by Gasteiger charge is -2.30. The van der Waals surface area contributed by atoms with Crippen molar-refractivity contribution < 1.29 is 19.1 Å². The highest BCUT2D eigenvalue weighted by atomic mass is 32.1. The molecule has 2 N–H and O–H groups in total. The topological polar surface area (TPSA) is 106 Å². The van der Waals surface area contributed by atoms with Gasteiger partial charge in [0.2, 0.25) is 0 Å². The Labute approximate surface area is 248 Å². The van der Waals surface area contributed by atoms with Crippen LogP contribution >= 0.6 is 22.7 Å². The predicted octanol–water partition coefficient (Wildman–Crippen LogP) is 5.30. The molecule has 9 nitrogen and oxygen atoms in total. The van der Waals surface area contributed by atoms with E-state index in [-0.39, 0.29) is 25.3 Å². The number of likely N-dealkylation sites (N-methyl/N-ethyl adjacent to an activating group) is 1. The second kappa shape index (κ2) is 16.5. The highest BCUT2D eigenvalue weighted by molar-refractivity contribution is 7.09. The number of amides is 2. The largest absolute Gasteiger partial charge is 0.444 e. The molecule has 0 spiro atoms. The minimum atomic E-state index is -0.471. The van der Waals surface area contributed by atoms with E-state index in [0.29, 0.717) is 25.9 Å². The first-order valence-corrected chi connectivity index (χ1v) is 15.2. The van der Waals surface area contributed by atoms with Crippen molar-refractivity contribution in [2.45, 2.75) is 45.1 Å². The number of benzene rings is 2. The molecule has 2 aromatic carbocycles. The summed E-state index contributed by atoms with van der Waals surface area (Å²) in [5.74, 6) is 0. The maximum Gasteiger partial charge on any atom is 0.407 e. The van der Waals surface area contributed by atoms with Gasteiger partial charge in [0.25, 0.3) is 0 Å². The van der Waals surface area contributed by atoms with Gasteiger partial charge in [0.1, 0.15) is 13.2 Å². The lowest BCUT2D eigenvalue weighted by molar-refractivity contribution is 0.127. The molecular weight excluding hydrogens is 558 g/mol. The van der Waals surface area contributed by atoms with Crippen molar-refractivity contribution in [3.05, 3.63) is 105 Å². The number of thiazole rings is 2. The molecule has 2 amide bonds. The molecule has 0 fully saturated rings. The second-order valence-electron chi connectivity index (χ2n) is 9.50. The Morgan fingerprint density at radius 3 is 1.56 bits per heavy atom. The van der Waals surface area contributed by atoms with E-state index in [1.54, 1.807) is 23.4 Å². The Hall–Kier alpha value is -3.80. The van der Waals surface area contributed by atoms with Crippen LogP contribution in [0.5, 0.6) is 0 Å². The van der Waals surface area contributed by atoms with Gasteiger partial charge in [-0.1, -0.05) is 67.6 Å². The van der Waals surface area contributed by atoms with Gasteiger partial charge < -0.3 is 20.1 Å². The van der Waals surface area contributed by atoms with Crippen molar-refractivity contribution in [3.63, 3.8) is 0 Å². The molecule has 0 saturated carbocycles. The first kappa shape index (κ1) is 30.2. The molecule has 4 aromatic rings. The second-order valence-corrected chi connectivity index (χ2v) is 11.4. The molecular formula is C30H35N5O4S2. The van der Waals surface area contributed by atoms with Gasteiger partial charge in [-0.3, -0.25) is 14.9 Å². The van der Waals surface area contributed by atoms with Crippen LogP contribution in [0.1, 0.15) is 27.8 Å². The van der Waals surface area contributed by atoms with Gasteiger partial charge in [-0.15, -0.1) is 22.7 Å². The molecule has 2 heterocycles. The van der Waals surface area contributed by atoms with Crippen LogP contribution < -0.4 is 10.6 Å². The number of carbonyl (C=O) groups is 2. The van der Waals surface area contributed by atoms with Crippen LogP contribution in [0.25, 0.3) is 0 Å². The third-order valence-corrected chi connectivity index (χ3v) is 7.86. The van der Waals surface area contributed by atoms with Crippen molar-refractivity contribution in [1.29, 1.82) is 0 Å². The number of ether oxygens (including phenoxy) is 2. The highest BCUT2D eigenvalue weighted by Crippen LogP contribution is 2.11. The molecule has 0 aliphatic rings. The number of carbonyl (C=O) groups excluding carboxylic acids is 2. The average Bonchev–Trinajstić information content (AvgIpc) is 3.70.